The molecule has 0 saturated heterocycles. The van der Waals surface area contributed by atoms with E-state index >= 15 is 0 Å². The zero-order valence-electron chi connectivity index (χ0n) is 12.2. The van der Waals surface area contributed by atoms with Crippen LogP contribution in [-0.2, 0) is 6.42 Å². The molecule has 2 N–H and O–H groups in total. The van der Waals surface area contributed by atoms with E-state index in [1.54, 1.807) is 18.2 Å². The molecule has 3 rings (SSSR count). The quantitative estimate of drug-likeness (QED) is 0.903. The van der Waals surface area contributed by atoms with Gasteiger partial charge in [-0.05, 0) is 41.5 Å². The molecule has 2 aromatic carbocycles. The van der Waals surface area contributed by atoms with E-state index in [4.69, 9.17) is 16.3 Å². The van der Waals surface area contributed by atoms with Crippen molar-refractivity contribution in [3.8, 4) is 5.75 Å². The number of hydrogen-bond acceptors (Lipinski definition) is 3. The maximum atomic E-state index is 13.4. The molecule has 23 heavy (non-hydrogen) atoms. The van der Waals surface area contributed by atoms with E-state index in [9.17, 15) is 14.3 Å². The summed E-state index contributed by atoms with van der Waals surface area (Å²) in [5.74, 6) is -0.0976. The molecule has 2 aromatic rings. The van der Waals surface area contributed by atoms with Crippen molar-refractivity contribution in [3.05, 3.63) is 63.9 Å². The second-order valence-corrected chi connectivity index (χ2v) is 5.73. The molecule has 1 aliphatic rings. The van der Waals surface area contributed by atoms with Crippen LogP contribution in [0.5, 0.6) is 5.75 Å². The van der Waals surface area contributed by atoms with E-state index in [1.807, 2.05) is 0 Å². The number of benzene rings is 2. The Morgan fingerprint density at radius 3 is 2.96 bits per heavy atom. The average Bonchev–Trinajstić information content (AvgIpc) is 3.02. The summed E-state index contributed by atoms with van der Waals surface area (Å²) in [6, 6.07) is 9.28. The summed E-state index contributed by atoms with van der Waals surface area (Å²) >= 11 is 5.60. The van der Waals surface area contributed by atoms with Crippen molar-refractivity contribution in [3.63, 3.8) is 0 Å². The van der Waals surface area contributed by atoms with Crippen LogP contribution in [0, 0.1) is 5.82 Å². The Morgan fingerprint density at radius 2 is 2.17 bits per heavy atom. The summed E-state index contributed by atoms with van der Waals surface area (Å²) in [5.41, 5.74) is 1.86. The van der Waals surface area contributed by atoms with Gasteiger partial charge in [-0.1, -0.05) is 17.7 Å². The first kappa shape index (κ1) is 15.8. The first-order valence-electron chi connectivity index (χ1n) is 7.21. The molecule has 0 bridgehead atoms. The molecule has 0 spiro atoms. The number of aliphatic hydroxyl groups excluding tert-OH is 1. The van der Waals surface area contributed by atoms with Gasteiger partial charge >= 0.3 is 0 Å². The molecule has 1 heterocycles. The van der Waals surface area contributed by atoms with E-state index in [0.29, 0.717) is 17.7 Å². The van der Waals surface area contributed by atoms with Crippen LogP contribution in [-0.4, -0.2) is 24.2 Å². The highest BCUT2D eigenvalue weighted by molar-refractivity contribution is 6.30. The minimum absolute atomic E-state index is 0.00894. The van der Waals surface area contributed by atoms with Crippen LogP contribution >= 0.6 is 11.6 Å². The topological polar surface area (TPSA) is 58.6 Å². The minimum Gasteiger partial charge on any atom is -0.493 e. The van der Waals surface area contributed by atoms with Gasteiger partial charge < -0.3 is 15.2 Å². The number of carbonyl (C=O) groups is 1. The lowest BCUT2D eigenvalue weighted by molar-refractivity contribution is 0.0916. The van der Waals surface area contributed by atoms with Crippen molar-refractivity contribution < 1.29 is 19.0 Å². The Morgan fingerprint density at radius 1 is 1.35 bits per heavy atom. The van der Waals surface area contributed by atoms with Crippen LogP contribution in [0.2, 0.25) is 5.02 Å². The zero-order valence-corrected chi connectivity index (χ0v) is 12.9. The molecule has 0 aliphatic carbocycles. The van der Waals surface area contributed by atoms with Gasteiger partial charge in [-0.15, -0.1) is 0 Å². The zero-order chi connectivity index (χ0) is 16.4. The summed E-state index contributed by atoms with van der Waals surface area (Å²) in [5, 5.41) is 12.7. The van der Waals surface area contributed by atoms with Crippen LogP contribution in [0.4, 0.5) is 4.39 Å². The van der Waals surface area contributed by atoms with E-state index < -0.39 is 11.9 Å². The summed E-state index contributed by atoms with van der Waals surface area (Å²) in [6.07, 6.45) is -0.230. The molecular formula is C17H15ClFNO3. The van der Waals surface area contributed by atoms with Crippen LogP contribution < -0.4 is 10.1 Å². The van der Waals surface area contributed by atoms with E-state index in [0.717, 1.165) is 23.8 Å². The fraction of sp³-hybridized carbons (Fsp3) is 0.235. The summed E-state index contributed by atoms with van der Waals surface area (Å²) in [6.45, 7) is 0.606. The number of rotatable bonds is 4. The standard InChI is InChI=1S/C17H15ClFNO3/c18-13-3-1-10(8-14(13)19)15(21)9-20-17(22)12-2-4-16-11(7-12)5-6-23-16/h1-4,7-8,15,21H,5-6,9H2,(H,20,22). The third-order valence-corrected chi connectivity index (χ3v) is 4.04. The van der Waals surface area contributed by atoms with Crippen molar-refractivity contribution in [1.82, 2.24) is 5.32 Å². The average molecular weight is 336 g/mol. The number of aliphatic hydroxyl groups is 1. The van der Waals surface area contributed by atoms with Gasteiger partial charge in [-0.2, -0.15) is 0 Å². The van der Waals surface area contributed by atoms with Gasteiger partial charge in [0.2, 0.25) is 0 Å². The molecule has 1 amide bonds. The third-order valence-electron chi connectivity index (χ3n) is 3.74. The summed E-state index contributed by atoms with van der Waals surface area (Å²) < 4.78 is 18.8. The van der Waals surface area contributed by atoms with Crippen LogP contribution in [0.1, 0.15) is 27.6 Å². The maximum absolute atomic E-state index is 13.4. The molecule has 6 heteroatoms. The van der Waals surface area contributed by atoms with Crippen molar-refractivity contribution in [2.24, 2.45) is 0 Å². The number of nitrogens with one attached hydrogen (secondary N) is 1. The molecule has 0 aromatic heterocycles. The lowest BCUT2D eigenvalue weighted by atomic mass is 10.1. The molecule has 120 valence electrons. The van der Waals surface area contributed by atoms with E-state index in [1.165, 1.54) is 12.1 Å². The molecular weight excluding hydrogens is 321 g/mol. The molecule has 1 unspecified atom stereocenters. The number of halogens is 2. The lowest BCUT2D eigenvalue weighted by Gasteiger charge is -2.13. The second-order valence-electron chi connectivity index (χ2n) is 5.32. The second kappa shape index (κ2) is 6.56. The normalized spacial score (nSPS) is 14.0. The highest BCUT2D eigenvalue weighted by Gasteiger charge is 2.16. The van der Waals surface area contributed by atoms with Gasteiger partial charge in [0.1, 0.15) is 11.6 Å². The fourth-order valence-corrected chi connectivity index (χ4v) is 2.57. The Bertz CT molecular complexity index is 751. The predicted octanol–water partition coefficient (Wildman–Crippen LogP) is 2.88. The molecule has 1 atom stereocenters. The Hall–Kier alpha value is -2.11. The molecule has 0 radical (unpaired) electrons. The van der Waals surface area contributed by atoms with Gasteiger partial charge in [0.15, 0.2) is 0 Å². The van der Waals surface area contributed by atoms with Gasteiger partial charge in [-0.25, -0.2) is 4.39 Å². The smallest absolute Gasteiger partial charge is 0.251 e. The predicted molar refractivity (Wildman–Crippen MR) is 84.3 cm³/mol. The van der Waals surface area contributed by atoms with Crippen molar-refractivity contribution in [1.29, 1.82) is 0 Å². The third kappa shape index (κ3) is 3.46. The lowest BCUT2D eigenvalue weighted by Crippen LogP contribution is -2.28. The summed E-state index contributed by atoms with van der Waals surface area (Å²) in [4.78, 5) is 12.1. The molecule has 1 aliphatic heterocycles. The van der Waals surface area contributed by atoms with Gasteiger partial charge in [0.25, 0.3) is 5.91 Å². The molecule has 0 fully saturated rings. The van der Waals surface area contributed by atoms with E-state index in [-0.39, 0.29) is 17.5 Å². The maximum Gasteiger partial charge on any atom is 0.251 e. The highest BCUT2D eigenvalue weighted by atomic mass is 35.5. The van der Waals surface area contributed by atoms with Crippen LogP contribution in [0.25, 0.3) is 0 Å². The number of carbonyl (C=O) groups excluding carboxylic acids is 1. The number of amides is 1. The fourth-order valence-electron chi connectivity index (χ4n) is 2.46. The van der Waals surface area contributed by atoms with Crippen LogP contribution in [0.15, 0.2) is 36.4 Å². The number of ether oxygens (including phenoxy) is 1. The monoisotopic (exact) mass is 335 g/mol. The van der Waals surface area contributed by atoms with Crippen molar-refractivity contribution in [2.45, 2.75) is 12.5 Å². The Labute approximate surface area is 137 Å². The Kier molecular flexibility index (Phi) is 4.50. The molecule has 0 saturated carbocycles. The largest absolute Gasteiger partial charge is 0.493 e. The SMILES string of the molecule is O=C(NCC(O)c1ccc(Cl)c(F)c1)c1ccc2c(c1)CCO2. The van der Waals surface area contributed by atoms with Crippen molar-refractivity contribution in [2.75, 3.05) is 13.2 Å². The van der Waals surface area contributed by atoms with Gasteiger partial charge in [0.05, 0.1) is 17.7 Å². The minimum atomic E-state index is -1.01. The molecule has 4 nitrogen and oxygen atoms in total. The number of hydrogen-bond donors (Lipinski definition) is 2. The van der Waals surface area contributed by atoms with Gasteiger partial charge in [-0.3, -0.25) is 4.79 Å². The van der Waals surface area contributed by atoms with Crippen LogP contribution in [0.3, 0.4) is 0 Å². The van der Waals surface area contributed by atoms with E-state index in [2.05, 4.69) is 5.32 Å². The Balaban J connectivity index is 1.63. The number of fused-ring (bicyclic) bond motifs is 1. The summed E-state index contributed by atoms with van der Waals surface area (Å²) in [7, 11) is 0. The highest BCUT2D eigenvalue weighted by Crippen LogP contribution is 2.26. The van der Waals surface area contributed by atoms with Gasteiger partial charge in [0, 0.05) is 18.5 Å². The first-order chi connectivity index (χ1) is 11.0. The first-order valence-corrected chi connectivity index (χ1v) is 7.59. The van der Waals surface area contributed by atoms with Crippen molar-refractivity contribution >= 4 is 17.5 Å².